The molecule has 1 aromatic heterocycles. The minimum atomic E-state index is -0.837. The molecule has 6 nitrogen and oxygen atoms in total. The van der Waals surface area contributed by atoms with Gasteiger partial charge >= 0.3 is 12.0 Å². The highest BCUT2D eigenvalue weighted by molar-refractivity contribution is 9.10. The second-order valence-corrected chi connectivity index (χ2v) is 11.7. The summed E-state index contributed by atoms with van der Waals surface area (Å²) in [6, 6.07) is 5.54. The van der Waals surface area contributed by atoms with E-state index in [1.165, 1.54) is 23.1 Å². The van der Waals surface area contributed by atoms with Crippen LogP contribution in [0.25, 0.3) is 0 Å². The molecule has 0 bridgehead atoms. The van der Waals surface area contributed by atoms with Crippen LogP contribution in [0.4, 0.5) is 15.6 Å². The number of aromatic nitrogens is 1. The number of benzene rings is 1. The lowest BCUT2D eigenvalue weighted by atomic mass is 9.97. The van der Waals surface area contributed by atoms with E-state index in [1.54, 1.807) is 32.0 Å². The molecule has 168 valence electrons. The lowest BCUT2D eigenvalue weighted by molar-refractivity contribution is -0.145. The van der Waals surface area contributed by atoms with Crippen molar-refractivity contribution >= 4 is 73.4 Å². The smallest absolute Gasteiger partial charge is 0.330 e. The number of urea groups is 1. The number of carbonyl (C=O) groups excluding carboxylic acids is 1. The van der Waals surface area contributed by atoms with Crippen molar-refractivity contribution in [1.82, 2.24) is 4.98 Å². The second kappa shape index (κ2) is 10.1. The van der Waals surface area contributed by atoms with Crippen LogP contribution in [-0.4, -0.2) is 40.9 Å². The third kappa shape index (κ3) is 5.74. The topological polar surface area (TPSA) is 73.7 Å². The molecular weight excluding hydrogens is 522 g/mol. The summed E-state index contributed by atoms with van der Waals surface area (Å²) in [7, 11) is 1.72. The first-order valence-corrected chi connectivity index (χ1v) is 12.9. The molecule has 1 aliphatic rings. The van der Waals surface area contributed by atoms with Crippen LogP contribution in [0.1, 0.15) is 39.5 Å². The van der Waals surface area contributed by atoms with Crippen LogP contribution in [-0.2, 0) is 4.79 Å². The van der Waals surface area contributed by atoms with Crippen molar-refractivity contribution in [2.45, 2.75) is 49.8 Å². The van der Waals surface area contributed by atoms with E-state index in [-0.39, 0.29) is 12.1 Å². The van der Waals surface area contributed by atoms with Crippen LogP contribution in [0.5, 0.6) is 0 Å². The molecule has 0 unspecified atom stereocenters. The van der Waals surface area contributed by atoms with Crippen LogP contribution < -0.4 is 9.80 Å². The molecule has 1 N–H and O–H groups in total. The highest BCUT2D eigenvalue weighted by atomic mass is 79.9. The lowest BCUT2D eigenvalue weighted by Crippen LogP contribution is -2.46. The quantitative estimate of drug-likeness (QED) is 0.388. The number of carboxylic acids is 1. The van der Waals surface area contributed by atoms with Gasteiger partial charge in [0.05, 0.1) is 20.8 Å². The molecule has 0 spiro atoms. The lowest BCUT2D eigenvalue weighted by Gasteiger charge is -2.32. The summed E-state index contributed by atoms with van der Waals surface area (Å²) in [5.74, 6) is -0.412. The van der Waals surface area contributed by atoms with Gasteiger partial charge in [-0.3, -0.25) is 14.6 Å². The van der Waals surface area contributed by atoms with Crippen molar-refractivity contribution in [3.63, 3.8) is 0 Å². The van der Waals surface area contributed by atoms with Crippen molar-refractivity contribution in [2.24, 2.45) is 5.41 Å². The van der Waals surface area contributed by atoms with E-state index in [2.05, 4.69) is 20.9 Å². The molecule has 2 amide bonds. The van der Waals surface area contributed by atoms with Crippen molar-refractivity contribution in [3.8, 4) is 0 Å². The Morgan fingerprint density at radius 1 is 1.35 bits per heavy atom. The maximum Gasteiger partial charge on any atom is 0.330 e. The van der Waals surface area contributed by atoms with Crippen LogP contribution in [0, 0.1) is 5.41 Å². The summed E-state index contributed by atoms with van der Waals surface area (Å²) < 4.78 is 1.67. The Labute approximate surface area is 204 Å². The van der Waals surface area contributed by atoms with Crippen LogP contribution in [0.3, 0.4) is 0 Å². The Morgan fingerprint density at radius 2 is 2.03 bits per heavy atom. The maximum absolute atomic E-state index is 13.5. The number of carboxylic acid groups (broad SMARTS) is 1. The number of rotatable bonds is 7. The van der Waals surface area contributed by atoms with Crippen LogP contribution >= 0.6 is 50.6 Å². The molecule has 2 aromatic rings. The summed E-state index contributed by atoms with van der Waals surface area (Å²) in [4.78, 5) is 32.7. The molecule has 0 radical (unpaired) electrons. The number of hydrogen-bond donors (Lipinski definition) is 1. The number of amides is 2. The number of hydrogen-bond acceptors (Lipinski definition) is 5. The number of halogens is 2. The zero-order valence-corrected chi connectivity index (χ0v) is 21.6. The molecule has 0 atom stereocenters. The van der Waals surface area contributed by atoms with Gasteiger partial charge < -0.3 is 5.11 Å². The summed E-state index contributed by atoms with van der Waals surface area (Å²) in [5, 5.41) is 10.4. The molecule has 31 heavy (non-hydrogen) atoms. The highest BCUT2D eigenvalue weighted by Crippen LogP contribution is 2.37. The Balaban J connectivity index is 1.79. The first kappa shape index (κ1) is 24.4. The Bertz CT molecular complexity index is 963. The minimum absolute atomic E-state index is 0.123. The van der Waals surface area contributed by atoms with Crippen molar-refractivity contribution in [3.05, 3.63) is 33.9 Å². The highest BCUT2D eigenvalue weighted by Gasteiger charge is 2.32. The predicted octanol–water partition coefficient (Wildman–Crippen LogP) is 6.77. The number of carbonyl (C=O) groups is 2. The molecule has 1 fully saturated rings. The largest absolute Gasteiger partial charge is 0.481 e. The molecule has 1 aliphatic carbocycles. The average Bonchev–Trinajstić information content (AvgIpc) is 3.41. The molecule has 0 aliphatic heterocycles. The number of nitrogens with zero attached hydrogens (tertiary/aromatic N) is 3. The SMILES string of the molecule is CN(C(=O)N(c1ccc(Br)c(Cl)c1)C1CCCC1)c1ncc(SCC(C)(C)C(=O)O)s1. The maximum atomic E-state index is 13.5. The van der Waals surface area contributed by atoms with Crippen molar-refractivity contribution in [2.75, 3.05) is 22.6 Å². The van der Waals surface area contributed by atoms with Gasteiger partial charge in [-0.25, -0.2) is 9.78 Å². The van der Waals surface area contributed by atoms with Crippen LogP contribution in [0.2, 0.25) is 5.02 Å². The van der Waals surface area contributed by atoms with Gasteiger partial charge in [0.15, 0.2) is 5.13 Å². The third-order valence-corrected chi connectivity index (χ3v) is 9.24. The van der Waals surface area contributed by atoms with E-state index in [1.807, 2.05) is 23.1 Å². The van der Waals surface area contributed by atoms with E-state index in [4.69, 9.17) is 11.6 Å². The number of thioether (sulfide) groups is 1. The third-order valence-electron chi connectivity index (χ3n) is 5.28. The number of aliphatic carboxylic acids is 1. The Hall–Kier alpha value is -1.29. The van der Waals surface area contributed by atoms with Gasteiger partial charge in [-0.15, -0.1) is 11.8 Å². The Kier molecular flexibility index (Phi) is 7.94. The van der Waals surface area contributed by atoms with Gasteiger partial charge in [0, 0.05) is 29.0 Å². The molecule has 1 heterocycles. The standard InChI is InChI=1S/C21H25BrClN3O3S2/c1-21(2,18(27)28)12-30-17-11-24-19(31-17)25(3)20(29)26(13-6-4-5-7-13)14-8-9-15(22)16(23)10-14/h8-11,13H,4-7,12H2,1-3H3,(H,27,28). The summed E-state index contributed by atoms with van der Waals surface area (Å²) in [5.41, 5.74) is -0.0669. The minimum Gasteiger partial charge on any atom is -0.481 e. The van der Waals surface area contributed by atoms with Gasteiger partial charge in [-0.1, -0.05) is 35.8 Å². The van der Waals surface area contributed by atoms with Crippen LogP contribution in [0.15, 0.2) is 33.1 Å². The van der Waals surface area contributed by atoms with Crippen molar-refractivity contribution < 1.29 is 14.7 Å². The summed E-state index contributed by atoms with van der Waals surface area (Å²) in [6.45, 7) is 3.39. The normalized spacial score (nSPS) is 14.6. The summed E-state index contributed by atoms with van der Waals surface area (Å²) >= 11 is 12.5. The van der Waals surface area contributed by atoms with E-state index < -0.39 is 11.4 Å². The fraction of sp³-hybridized carbons (Fsp3) is 0.476. The van der Waals surface area contributed by atoms with E-state index in [0.29, 0.717) is 15.9 Å². The van der Waals surface area contributed by atoms with Gasteiger partial charge in [-0.05, 0) is 60.8 Å². The van der Waals surface area contributed by atoms with E-state index in [0.717, 1.165) is 40.1 Å². The summed E-state index contributed by atoms with van der Waals surface area (Å²) in [6.07, 6.45) is 5.80. The molecule has 10 heteroatoms. The van der Waals surface area contributed by atoms with Gasteiger partial charge in [-0.2, -0.15) is 0 Å². The first-order valence-electron chi connectivity index (χ1n) is 9.94. The van der Waals surface area contributed by atoms with Gasteiger partial charge in [0.2, 0.25) is 0 Å². The van der Waals surface area contributed by atoms with Crippen molar-refractivity contribution in [1.29, 1.82) is 0 Å². The zero-order chi connectivity index (χ0) is 22.8. The average molecular weight is 547 g/mol. The zero-order valence-electron chi connectivity index (χ0n) is 17.6. The van der Waals surface area contributed by atoms with Gasteiger partial charge in [0.25, 0.3) is 0 Å². The monoisotopic (exact) mass is 545 g/mol. The molecule has 3 rings (SSSR count). The number of anilines is 2. The number of thiazole rings is 1. The first-order chi connectivity index (χ1) is 14.6. The Morgan fingerprint density at radius 3 is 2.65 bits per heavy atom. The van der Waals surface area contributed by atoms with E-state index >= 15 is 0 Å². The fourth-order valence-corrected chi connectivity index (χ4v) is 5.72. The second-order valence-electron chi connectivity index (χ2n) is 8.19. The predicted molar refractivity (Wildman–Crippen MR) is 132 cm³/mol. The molecule has 0 saturated heterocycles. The molecule has 1 saturated carbocycles. The fourth-order valence-electron chi connectivity index (χ4n) is 3.30. The van der Waals surface area contributed by atoms with E-state index in [9.17, 15) is 14.7 Å². The van der Waals surface area contributed by atoms with Gasteiger partial charge in [0.1, 0.15) is 0 Å². The molecule has 1 aromatic carbocycles. The molecular formula is C21H25BrClN3O3S2.